The van der Waals surface area contributed by atoms with Gasteiger partial charge in [-0.3, -0.25) is 9.10 Å². The number of ether oxygens (including phenoxy) is 1. The van der Waals surface area contributed by atoms with Gasteiger partial charge in [0.1, 0.15) is 11.8 Å². The lowest BCUT2D eigenvalue weighted by Gasteiger charge is -2.29. The van der Waals surface area contributed by atoms with Gasteiger partial charge < -0.3 is 10.1 Å². The molecular weight excluding hydrogens is 411 g/mol. The molecule has 1 N–H and O–H groups in total. The maximum absolute atomic E-state index is 12.7. The quantitative estimate of drug-likeness (QED) is 0.747. The van der Waals surface area contributed by atoms with Crippen molar-refractivity contribution >= 4 is 50.5 Å². The number of benzene rings is 2. The summed E-state index contributed by atoms with van der Waals surface area (Å²) < 4.78 is 31.1. The van der Waals surface area contributed by atoms with E-state index in [0.29, 0.717) is 15.7 Å². The van der Waals surface area contributed by atoms with E-state index < -0.39 is 22.0 Å². The average molecular weight is 431 g/mol. The number of rotatable bonds is 6. The van der Waals surface area contributed by atoms with E-state index in [1.54, 1.807) is 30.3 Å². The largest absolute Gasteiger partial charge is 0.495 e. The van der Waals surface area contributed by atoms with Gasteiger partial charge in [-0.25, -0.2) is 8.42 Å². The molecule has 0 bridgehead atoms. The van der Waals surface area contributed by atoms with Crippen LogP contribution in [0.5, 0.6) is 5.75 Å². The van der Waals surface area contributed by atoms with Gasteiger partial charge in [-0.2, -0.15) is 0 Å². The Balaban J connectivity index is 2.41. The van der Waals surface area contributed by atoms with Crippen molar-refractivity contribution in [2.75, 3.05) is 23.0 Å². The smallest absolute Gasteiger partial charge is 0.247 e. The Kier molecular flexibility index (Phi) is 6.62. The van der Waals surface area contributed by atoms with Crippen LogP contribution in [-0.2, 0) is 14.8 Å². The van der Waals surface area contributed by atoms with Crippen LogP contribution in [0.2, 0.25) is 10.0 Å². The van der Waals surface area contributed by atoms with Gasteiger partial charge in [0.25, 0.3) is 0 Å². The molecule has 0 spiro atoms. The van der Waals surface area contributed by atoms with E-state index in [2.05, 4.69) is 5.32 Å². The Hall–Kier alpha value is -1.96. The van der Waals surface area contributed by atoms with Crippen LogP contribution in [-0.4, -0.2) is 33.7 Å². The molecule has 1 unspecified atom stereocenters. The van der Waals surface area contributed by atoms with Crippen molar-refractivity contribution < 1.29 is 17.9 Å². The zero-order valence-electron chi connectivity index (χ0n) is 15.3. The van der Waals surface area contributed by atoms with Crippen LogP contribution in [0.1, 0.15) is 12.5 Å². The lowest BCUT2D eigenvalue weighted by molar-refractivity contribution is -0.116. The minimum Gasteiger partial charge on any atom is -0.495 e. The first-order chi connectivity index (χ1) is 12.5. The highest BCUT2D eigenvalue weighted by Crippen LogP contribution is 2.34. The second-order valence-corrected chi connectivity index (χ2v) is 8.71. The molecule has 0 aliphatic heterocycles. The summed E-state index contributed by atoms with van der Waals surface area (Å²) in [5.41, 5.74) is 1.51. The molecule has 27 heavy (non-hydrogen) atoms. The molecule has 2 rings (SSSR count). The predicted molar refractivity (Wildman–Crippen MR) is 110 cm³/mol. The lowest BCUT2D eigenvalue weighted by Crippen LogP contribution is -2.45. The van der Waals surface area contributed by atoms with Crippen molar-refractivity contribution in [3.05, 3.63) is 52.0 Å². The van der Waals surface area contributed by atoms with E-state index in [0.717, 1.165) is 16.1 Å². The number of carbonyl (C=O) groups is 1. The summed E-state index contributed by atoms with van der Waals surface area (Å²) in [6.07, 6.45) is 1.01. The lowest BCUT2D eigenvalue weighted by atomic mass is 10.2. The zero-order valence-corrected chi connectivity index (χ0v) is 17.6. The summed E-state index contributed by atoms with van der Waals surface area (Å²) in [5.74, 6) is -0.245. The van der Waals surface area contributed by atoms with Crippen molar-refractivity contribution in [3.63, 3.8) is 0 Å². The van der Waals surface area contributed by atoms with Gasteiger partial charge >= 0.3 is 0 Å². The van der Waals surface area contributed by atoms with Gasteiger partial charge in [0.15, 0.2) is 0 Å². The second kappa shape index (κ2) is 8.37. The SMILES string of the molecule is COc1ccc(Cl)cc1N(C(C)C(=O)Nc1ccc(C)c(Cl)c1)S(C)(=O)=O. The molecule has 0 fully saturated rings. The monoisotopic (exact) mass is 430 g/mol. The summed E-state index contributed by atoms with van der Waals surface area (Å²) in [6.45, 7) is 3.32. The van der Waals surface area contributed by atoms with Crippen molar-refractivity contribution in [3.8, 4) is 5.75 Å². The number of nitrogens with one attached hydrogen (secondary N) is 1. The Morgan fingerprint density at radius 3 is 2.41 bits per heavy atom. The molecule has 2 aromatic carbocycles. The van der Waals surface area contributed by atoms with Gasteiger partial charge in [-0.05, 0) is 49.7 Å². The molecule has 6 nitrogen and oxygen atoms in total. The summed E-state index contributed by atoms with van der Waals surface area (Å²) in [5, 5.41) is 3.50. The Labute approximate surface area is 169 Å². The topological polar surface area (TPSA) is 75.7 Å². The second-order valence-electron chi connectivity index (χ2n) is 6.00. The van der Waals surface area contributed by atoms with Crippen LogP contribution >= 0.6 is 23.2 Å². The predicted octanol–water partition coefficient (Wildman–Crippen LogP) is 4.10. The molecule has 1 atom stereocenters. The van der Waals surface area contributed by atoms with Gasteiger partial charge in [-0.1, -0.05) is 29.3 Å². The first kappa shape index (κ1) is 21.3. The molecule has 0 saturated heterocycles. The standard InChI is InChI=1S/C18H20Cl2N2O4S/c1-11-5-7-14(10-15(11)20)21-18(23)12(2)22(27(4,24)25)16-9-13(19)6-8-17(16)26-3/h5-10,12H,1-4H3,(H,21,23). The van der Waals surface area contributed by atoms with Crippen LogP contribution in [0.15, 0.2) is 36.4 Å². The van der Waals surface area contributed by atoms with E-state index in [4.69, 9.17) is 27.9 Å². The number of carbonyl (C=O) groups excluding carboxylic acids is 1. The first-order valence-corrected chi connectivity index (χ1v) is 10.5. The number of methoxy groups -OCH3 is 1. The highest BCUT2D eigenvalue weighted by Gasteiger charge is 2.31. The number of aryl methyl sites for hydroxylation is 1. The van der Waals surface area contributed by atoms with Gasteiger partial charge in [-0.15, -0.1) is 0 Å². The van der Waals surface area contributed by atoms with Crippen molar-refractivity contribution in [1.82, 2.24) is 0 Å². The van der Waals surface area contributed by atoms with E-state index in [1.807, 2.05) is 6.92 Å². The molecule has 0 radical (unpaired) electrons. The van der Waals surface area contributed by atoms with E-state index in [1.165, 1.54) is 20.1 Å². The molecule has 0 aromatic heterocycles. The minimum atomic E-state index is -3.81. The normalized spacial score (nSPS) is 12.4. The Bertz CT molecular complexity index is 964. The number of sulfonamides is 1. The fraction of sp³-hybridized carbons (Fsp3) is 0.278. The summed E-state index contributed by atoms with van der Waals surface area (Å²) >= 11 is 12.1. The van der Waals surface area contributed by atoms with Gasteiger partial charge in [0, 0.05) is 15.7 Å². The molecule has 0 saturated carbocycles. The van der Waals surface area contributed by atoms with Gasteiger partial charge in [0.2, 0.25) is 15.9 Å². The third kappa shape index (κ3) is 5.06. The molecular formula is C18H20Cl2N2O4S. The van der Waals surface area contributed by atoms with Crippen LogP contribution < -0.4 is 14.4 Å². The number of amides is 1. The van der Waals surface area contributed by atoms with Crippen LogP contribution in [0, 0.1) is 6.92 Å². The maximum atomic E-state index is 12.7. The molecule has 2 aromatic rings. The third-order valence-electron chi connectivity index (χ3n) is 3.91. The first-order valence-electron chi connectivity index (χ1n) is 7.94. The van der Waals surface area contributed by atoms with E-state index >= 15 is 0 Å². The van der Waals surface area contributed by atoms with E-state index in [-0.39, 0.29) is 11.4 Å². The highest BCUT2D eigenvalue weighted by molar-refractivity contribution is 7.92. The highest BCUT2D eigenvalue weighted by atomic mass is 35.5. The molecule has 9 heteroatoms. The molecule has 146 valence electrons. The Morgan fingerprint density at radius 2 is 1.85 bits per heavy atom. The van der Waals surface area contributed by atoms with Crippen LogP contribution in [0.4, 0.5) is 11.4 Å². The van der Waals surface area contributed by atoms with Crippen LogP contribution in [0.3, 0.4) is 0 Å². The number of hydrogen-bond acceptors (Lipinski definition) is 4. The number of hydrogen-bond donors (Lipinski definition) is 1. The van der Waals surface area contributed by atoms with Crippen molar-refractivity contribution in [2.24, 2.45) is 0 Å². The maximum Gasteiger partial charge on any atom is 0.247 e. The number of nitrogens with zero attached hydrogens (tertiary/aromatic N) is 1. The van der Waals surface area contributed by atoms with Crippen molar-refractivity contribution in [2.45, 2.75) is 19.9 Å². The van der Waals surface area contributed by atoms with E-state index in [9.17, 15) is 13.2 Å². The molecule has 1 amide bonds. The van der Waals surface area contributed by atoms with Crippen LogP contribution in [0.25, 0.3) is 0 Å². The summed E-state index contributed by atoms with van der Waals surface area (Å²) in [4.78, 5) is 12.7. The fourth-order valence-corrected chi connectivity index (χ4v) is 4.05. The minimum absolute atomic E-state index is 0.178. The Morgan fingerprint density at radius 1 is 1.19 bits per heavy atom. The number of anilines is 2. The van der Waals surface area contributed by atoms with Crippen molar-refractivity contribution in [1.29, 1.82) is 0 Å². The average Bonchev–Trinajstić information content (AvgIpc) is 2.57. The summed E-state index contributed by atoms with van der Waals surface area (Å²) in [7, 11) is -2.40. The summed E-state index contributed by atoms with van der Waals surface area (Å²) in [6, 6.07) is 8.55. The molecule has 0 aliphatic carbocycles. The molecule has 0 heterocycles. The number of halogens is 2. The van der Waals surface area contributed by atoms with Gasteiger partial charge in [0.05, 0.1) is 19.1 Å². The zero-order chi connectivity index (χ0) is 20.4. The fourth-order valence-electron chi connectivity index (χ4n) is 2.53. The molecule has 0 aliphatic rings. The third-order valence-corrected chi connectivity index (χ3v) is 5.78.